The third-order valence-corrected chi connectivity index (χ3v) is 4.74. The number of carbonyl (C=O) groups excluding carboxylic acids is 1. The lowest BCUT2D eigenvalue weighted by Gasteiger charge is -2.10. The Morgan fingerprint density at radius 1 is 1.33 bits per heavy atom. The van der Waals surface area contributed by atoms with E-state index < -0.39 is 5.97 Å². The van der Waals surface area contributed by atoms with Crippen LogP contribution in [0.15, 0.2) is 24.3 Å². The number of rotatable bonds is 6. The molecule has 1 aromatic carbocycles. The SMILES string of the molecule is COCCn1c(N)c(C(=O)OC[C@H]2CCCO2)c2nc3ccccc3nc21. The Morgan fingerprint density at radius 3 is 2.81 bits per heavy atom. The number of ether oxygens (including phenoxy) is 3. The van der Waals surface area contributed by atoms with Crippen molar-refractivity contribution in [3.63, 3.8) is 0 Å². The van der Waals surface area contributed by atoms with Crippen LogP contribution in [0.4, 0.5) is 5.82 Å². The first-order valence-corrected chi connectivity index (χ1v) is 9.01. The number of nitrogen functional groups attached to an aromatic ring is 1. The van der Waals surface area contributed by atoms with Gasteiger partial charge in [-0.05, 0) is 25.0 Å². The number of aromatic nitrogens is 3. The third-order valence-electron chi connectivity index (χ3n) is 4.74. The number of esters is 1. The quantitative estimate of drug-likeness (QED) is 0.663. The summed E-state index contributed by atoms with van der Waals surface area (Å²) in [5, 5.41) is 0. The molecular weight excluding hydrogens is 348 g/mol. The van der Waals surface area contributed by atoms with Gasteiger partial charge in [0.25, 0.3) is 0 Å². The summed E-state index contributed by atoms with van der Waals surface area (Å²) in [5.41, 5.74) is 8.97. The minimum atomic E-state index is -0.506. The molecular formula is C19H22N4O4. The molecule has 8 heteroatoms. The van der Waals surface area contributed by atoms with Crippen molar-refractivity contribution in [3.05, 3.63) is 29.8 Å². The molecule has 0 saturated carbocycles. The molecule has 1 atom stereocenters. The molecule has 1 fully saturated rings. The molecule has 1 aliphatic rings. The number of hydrogen-bond acceptors (Lipinski definition) is 7. The number of hydrogen-bond donors (Lipinski definition) is 1. The summed E-state index contributed by atoms with van der Waals surface area (Å²) in [7, 11) is 1.61. The summed E-state index contributed by atoms with van der Waals surface area (Å²) in [4.78, 5) is 22.1. The van der Waals surface area contributed by atoms with Crippen LogP contribution in [-0.2, 0) is 20.8 Å². The monoisotopic (exact) mass is 370 g/mol. The van der Waals surface area contributed by atoms with E-state index in [1.165, 1.54) is 0 Å². The van der Waals surface area contributed by atoms with Crippen molar-refractivity contribution in [1.82, 2.24) is 14.5 Å². The van der Waals surface area contributed by atoms with Gasteiger partial charge in [0, 0.05) is 20.3 Å². The number of carbonyl (C=O) groups is 1. The van der Waals surface area contributed by atoms with E-state index in [2.05, 4.69) is 9.97 Å². The molecule has 0 aliphatic carbocycles. The van der Waals surface area contributed by atoms with Gasteiger partial charge in [-0.15, -0.1) is 0 Å². The molecule has 0 spiro atoms. The standard InChI is InChI=1S/C19H22N4O4/c1-25-10-8-23-17(20)15(19(24)27-11-12-5-4-9-26-12)16-18(23)22-14-7-3-2-6-13(14)21-16/h2-3,6-7,12H,4-5,8-11,20H2,1H3/t12-/m1/s1. The largest absolute Gasteiger partial charge is 0.459 e. The number of nitrogens with two attached hydrogens (primary N) is 1. The molecule has 3 aromatic rings. The predicted octanol–water partition coefficient (Wildman–Crippen LogP) is 2.15. The highest BCUT2D eigenvalue weighted by Gasteiger charge is 2.26. The number of nitrogens with zero attached hydrogens (tertiary/aromatic N) is 3. The highest BCUT2D eigenvalue weighted by Crippen LogP contribution is 2.28. The third kappa shape index (κ3) is 3.33. The fourth-order valence-electron chi connectivity index (χ4n) is 3.34. The van der Waals surface area contributed by atoms with Gasteiger partial charge in [0.15, 0.2) is 5.65 Å². The average molecular weight is 370 g/mol. The Balaban J connectivity index is 1.76. The molecule has 8 nitrogen and oxygen atoms in total. The minimum absolute atomic E-state index is 0.0519. The first kappa shape index (κ1) is 17.7. The molecule has 4 rings (SSSR count). The van der Waals surface area contributed by atoms with E-state index in [1.807, 2.05) is 24.3 Å². The molecule has 0 unspecified atom stereocenters. The Labute approximate surface area is 156 Å². The molecule has 27 heavy (non-hydrogen) atoms. The van der Waals surface area contributed by atoms with Gasteiger partial charge in [-0.2, -0.15) is 0 Å². The van der Waals surface area contributed by atoms with Crippen LogP contribution in [0.2, 0.25) is 0 Å². The van der Waals surface area contributed by atoms with Gasteiger partial charge >= 0.3 is 5.97 Å². The van der Waals surface area contributed by atoms with Gasteiger partial charge in [0.2, 0.25) is 0 Å². The Bertz CT molecular complexity index is 979. The molecule has 3 heterocycles. The highest BCUT2D eigenvalue weighted by atomic mass is 16.6. The summed E-state index contributed by atoms with van der Waals surface area (Å²) in [6.45, 7) is 1.82. The lowest BCUT2D eigenvalue weighted by atomic mass is 10.2. The fraction of sp³-hybridized carbons (Fsp3) is 0.421. The summed E-state index contributed by atoms with van der Waals surface area (Å²) in [6.07, 6.45) is 1.82. The van der Waals surface area contributed by atoms with Gasteiger partial charge in [0.1, 0.15) is 23.5 Å². The maximum absolute atomic E-state index is 12.8. The Kier molecular flexibility index (Phi) is 4.91. The van der Waals surface area contributed by atoms with Gasteiger partial charge in [0.05, 0.1) is 23.7 Å². The van der Waals surface area contributed by atoms with Crippen LogP contribution < -0.4 is 5.73 Å². The molecule has 142 valence electrons. The van der Waals surface area contributed by atoms with Crippen LogP contribution in [0, 0.1) is 0 Å². The number of para-hydroxylation sites is 2. The lowest BCUT2D eigenvalue weighted by molar-refractivity contribution is 0.0163. The zero-order valence-corrected chi connectivity index (χ0v) is 15.2. The van der Waals surface area contributed by atoms with Crippen molar-refractivity contribution < 1.29 is 19.0 Å². The van der Waals surface area contributed by atoms with Crippen molar-refractivity contribution in [2.75, 3.05) is 32.7 Å². The number of benzene rings is 1. The molecule has 2 N–H and O–H groups in total. The van der Waals surface area contributed by atoms with Crippen molar-refractivity contribution in [3.8, 4) is 0 Å². The molecule has 0 amide bonds. The van der Waals surface area contributed by atoms with Crippen molar-refractivity contribution in [1.29, 1.82) is 0 Å². The van der Waals surface area contributed by atoms with Gasteiger partial charge in [-0.25, -0.2) is 14.8 Å². The number of anilines is 1. The molecule has 2 aromatic heterocycles. The summed E-state index contributed by atoms with van der Waals surface area (Å²) < 4.78 is 17.9. The van der Waals surface area contributed by atoms with Crippen LogP contribution in [0.5, 0.6) is 0 Å². The molecule has 1 aliphatic heterocycles. The van der Waals surface area contributed by atoms with E-state index in [9.17, 15) is 4.79 Å². The fourth-order valence-corrected chi connectivity index (χ4v) is 3.34. The van der Waals surface area contributed by atoms with Crippen LogP contribution >= 0.6 is 0 Å². The second-order valence-corrected chi connectivity index (χ2v) is 6.52. The molecule has 0 bridgehead atoms. The van der Waals surface area contributed by atoms with E-state index in [-0.39, 0.29) is 24.1 Å². The molecule has 0 radical (unpaired) electrons. The van der Waals surface area contributed by atoms with E-state index in [0.717, 1.165) is 18.4 Å². The minimum Gasteiger partial charge on any atom is -0.459 e. The highest BCUT2D eigenvalue weighted by molar-refractivity contribution is 6.08. The Hall–Kier alpha value is -2.71. The van der Waals surface area contributed by atoms with Gasteiger partial charge < -0.3 is 24.5 Å². The van der Waals surface area contributed by atoms with Crippen molar-refractivity contribution >= 4 is 34.0 Å². The first-order chi connectivity index (χ1) is 13.2. The first-order valence-electron chi connectivity index (χ1n) is 9.01. The van der Waals surface area contributed by atoms with Gasteiger partial charge in [-0.3, -0.25) is 0 Å². The zero-order valence-electron chi connectivity index (χ0n) is 15.2. The van der Waals surface area contributed by atoms with Crippen molar-refractivity contribution in [2.45, 2.75) is 25.5 Å². The van der Waals surface area contributed by atoms with Crippen LogP contribution in [-0.4, -0.2) is 53.5 Å². The lowest BCUT2D eigenvalue weighted by Crippen LogP contribution is -2.19. The van der Waals surface area contributed by atoms with Crippen LogP contribution in [0.25, 0.3) is 22.2 Å². The molecule has 1 saturated heterocycles. The van der Waals surface area contributed by atoms with E-state index in [0.29, 0.717) is 36.4 Å². The summed E-state index contributed by atoms with van der Waals surface area (Å²) in [5.74, 6) is -0.219. The Morgan fingerprint density at radius 2 is 2.11 bits per heavy atom. The van der Waals surface area contributed by atoms with E-state index >= 15 is 0 Å². The van der Waals surface area contributed by atoms with Gasteiger partial charge in [-0.1, -0.05) is 12.1 Å². The second-order valence-electron chi connectivity index (χ2n) is 6.52. The number of methoxy groups -OCH3 is 1. The van der Waals surface area contributed by atoms with E-state index in [1.54, 1.807) is 11.7 Å². The maximum Gasteiger partial charge on any atom is 0.344 e. The number of fused-ring (bicyclic) bond motifs is 2. The van der Waals surface area contributed by atoms with Crippen LogP contribution in [0.1, 0.15) is 23.2 Å². The van der Waals surface area contributed by atoms with Crippen molar-refractivity contribution in [2.24, 2.45) is 0 Å². The smallest absolute Gasteiger partial charge is 0.344 e. The maximum atomic E-state index is 12.8. The average Bonchev–Trinajstić information content (AvgIpc) is 3.29. The predicted molar refractivity (Wildman–Crippen MR) is 101 cm³/mol. The summed E-state index contributed by atoms with van der Waals surface area (Å²) >= 11 is 0. The second kappa shape index (κ2) is 7.50. The normalized spacial score (nSPS) is 17.0. The van der Waals surface area contributed by atoms with Crippen LogP contribution in [0.3, 0.4) is 0 Å². The summed E-state index contributed by atoms with van der Waals surface area (Å²) in [6, 6.07) is 7.50. The topological polar surface area (TPSA) is 101 Å². The van der Waals surface area contributed by atoms with E-state index in [4.69, 9.17) is 19.9 Å². The zero-order chi connectivity index (χ0) is 18.8.